The maximum atomic E-state index is 3.60. The predicted octanol–water partition coefficient (Wildman–Crippen LogP) is 5.74. The first kappa shape index (κ1) is 18.8. The molecule has 144 valence electrons. The normalized spacial score (nSPS) is 14.1. The van der Waals surface area contributed by atoms with Gasteiger partial charge in [0, 0.05) is 24.5 Å². The number of para-hydroxylation sites is 2. The minimum absolute atomic E-state index is 0.613. The summed E-state index contributed by atoms with van der Waals surface area (Å²) in [5, 5.41) is 3.60. The molecule has 1 aliphatic heterocycles. The largest absolute Gasteiger partial charge is 0.341 e. The first-order valence-electron chi connectivity index (χ1n) is 10.5. The van der Waals surface area contributed by atoms with E-state index in [4.69, 9.17) is 0 Å². The fourth-order valence-electron chi connectivity index (χ4n) is 4.15. The number of hydrogen-bond donors (Lipinski definition) is 1. The number of anilines is 2. The van der Waals surface area contributed by atoms with Gasteiger partial charge in [0.15, 0.2) is 0 Å². The molecule has 4 rings (SSSR count). The number of fused-ring (bicyclic) bond motifs is 2. The van der Waals surface area contributed by atoms with Crippen molar-refractivity contribution in [3.63, 3.8) is 0 Å². The van der Waals surface area contributed by atoms with E-state index in [1.165, 1.54) is 34.5 Å². The first-order chi connectivity index (χ1) is 13.8. The van der Waals surface area contributed by atoms with Crippen molar-refractivity contribution in [1.29, 1.82) is 0 Å². The first-order valence-corrected chi connectivity index (χ1v) is 10.5. The summed E-state index contributed by atoms with van der Waals surface area (Å²) in [5.74, 6) is 0.613. The highest BCUT2D eigenvalue weighted by Crippen LogP contribution is 2.36. The monoisotopic (exact) mass is 370 g/mol. The van der Waals surface area contributed by atoms with E-state index in [1.54, 1.807) is 0 Å². The maximum Gasteiger partial charge on any atom is 0.0443 e. The third kappa shape index (κ3) is 4.45. The smallest absolute Gasteiger partial charge is 0.0443 e. The number of benzene rings is 3. The summed E-state index contributed by atoms with van der Waals surface area (Å²) >= 11 is 0. The number of nitrogens with zero attached hydrogens (tertiary/aromatic N) is 1. The molecular weight excluding hydrogens is 340 g/mol. The molecule has 0 fully saturated rings. The van der Waals surface area contributed by atoms with Gasteiger partial charge in [-0.1, -0.05) is 73.7 Å². The molecule has 0 aliphatic carbocycles. The van der Waals surface area contributed by atoms with Gasteiger partial charge >= 0.3 is 0 Å². The number of hydrogen-bond acceptors (Lipinski definition) is 2. The van der Waals surface area contributed by atoms with E-state index in [1.807, 2.05) is 0 Å². The summed E-state index contributed by atoms with van der Waals surface area (Å²) in [6.07, 6.45) is 3.42. The minimum Gasteiger partial charge on any atom is -0.341 e. The van der Waals surface area contributed by atoms with Crippen molar-refractivity contribution >= 4 is 11.4 Å². The average molecular weight is 371 g/mol. The van der Waals surface area contributed by atoms with E-state index in [0.29, 0.717) is 5.92 Å². The van der Waals surface area contributed by atoms with Gasteiger partial charge in [-0.2, -0.15) is 0 Å². The molecule has 0 radical (unpaired) electrons. The molecule has 0 saturated carbocycles. The molecule has 1 atom stereocenters. The van der Waals surface area contributed by atoms with Crippen molar-refractivity contribution < 1.29 is 0 Å². The second-order valence-electron chi connectivity index (χ2n) is 7.92. The average Bonchev–Trinajstić information content (AvgIpc) is 2.90. The van der Waals surface area contributed by atoms with E-state index in [0.717, 1.165) is 32.5 Å². The Labute approximate surface area is 169 Å². The van der Waals surface area contributed by atoms with Gasteiger partial charge in [0.1, 0.15) is 0 Å². The third-order valence-electron chi connectivity index (χ3n) is 5.71. The molecule has 2 nitrogen and oxygen atoms in total. The summed E-state index contributed by atoms with van der Waals surface area (Å²) < 4.78 is 0. The lowest BCUT2D eigenvalue weighted by Gasteiger charge is -2.30. The van der Waals surface area contributed by atoms with E-state index >= 15 is 0 Å². The summed E-state index contributed by atoms with van der Waals surface area (Å²) in [5.41, 5.74) is 7.06. The molecule has 0 aromatic heterocycles. The molecule has 0 saturated heterocycles. The highest BCUT2D eigenvalue weighted by atomic mass is 15.1. The number of rotatable bonds is 7. The second-order valence-corrected chi connectivity index (χ2v) is 7.92. The highest BCUT2D eigenvalue weighted by Gasteiger charge is 2.21. The van der Waals surface area contributed by atoms with Crippen molar-refractivity contribution in [3.05, 3.63) is 95.6 Å². The Bertz CT molecular complexity index is 840. The summed E-state index contributed by atoms with van der Waals surface area (Å²) in [6, 6.07) is 28.5. The quantitative estimate of drug-likeness (QED) is 0.534. The van der Waals surface area contributed by atoms with Crippen molar-refractivity contribution in [1.82, 2.24) is 5.32 Å². The van der Waals surface area contributed by atoms with Crippen LogP contribution in [0.4, 0.5) is 11.4 Å². The topological polar surface area (TPSA) is 15.3 Å². The number of nitrogens with one attached hydrogen (secondary N) is 1. The molecule has 0 bridgehead atoms. The summed E-state index contributed by atoms with van der Waals surface area (Å²) in [6.45, 7) is 5.43. The van der Waals surface area contributed by atoms with Crippen LogP contribution in [0.3, 0.4) is 0 Å². The fraction of sp³-hybridized carbons (Fsp3) is 0.308. The molecule has 0 amide bonds. The Morgan fingerprint density at radius 1 is 0.786 bits per heavy atom. The number of aryl methyl sites for hydroxylation is 2. The van der Waals surface area contributed by atoms with Crippen LogP contribution in [0, 0.1) is 5.92 Å². The van der Waals surface area contributed by atoms with Gasteiger partial charge in [0.05, 0.1) is 0 Å². The summed E-state index contributed by atoms with van der Waals surface area (Å²) in [7, 11) is 0. The van der Waals surface area contributed by atoms with Crippen LogP contribution in [0.2, 0.25) is 0 Å². The second kappa shape index (κ2) is 9.07. The van der Waals surface area contributed by atoms with Gasteiger partial charge in [0.2, 0.25) is 0 Å². The lowest BCUT2D eigenvalue weighted by atomic mass is 10.0. The van der Waals surface area contributed by atoms with Gasteiger partial charge in [-0.25, -0.2) is 0 Å². The predicted molar refractivity (Wildman–Crippen MR) is 119 cm³/mol. The zero-order chi connectivity index (χ0) is 19.2. The van der Waals surface area contributed by atoms with Crippen LogP contribution in [0.1, 0.15) is 30.0 Å². The highest BCUT2D eigenvalue weighted by molar-refractivity contribution is 5.71. The Kier molecular flexibility index (Phi) is 6.08. The van der Waals surface area contributed by atoms with E-state index < -0.39 is 0 Å². The van der Waals surface area contributed by atoms with Crippen molar-refractivity contribution in [3.8, 4) is 0 Å². The van der Waals surface area contributed by atoms with E-state index in [-0.39, 0.29) is 0 Å². The zero-order valence-electron chi connectivity index (χ0n) is 16.8. The van der Waals surface area contributed by atoms with Crippen LogP contribution in [-0.2, 0) is 19.4 Å². The Morgan fingerprint density at radius 2 is 1.36 bits per heavy atom. The van der Waals surface area contributed by atoms with Crippen LogP contribution < -0.4 is 10.2 Å². The Balaban J connectivity index is 1.42. The van der Waals surface area contributed by atoms with E-state index in [2.05, 4.69) is 96.0 Å². The SMILES string of the molecule is CC(CCNCc1ccccc1)CN1c2ccccc2CCc2ccccc21. The molecule has 1 aliphatic rings. The zero-order valence-corrected chi connectivity index (χ0v) is 16.8. The van der Waals surface area contributed by atoms with Gasteiger partial charge in [0.25, 0.3) is 0 Å². The molecule has 28 heavy (non-hydrogen) atoms. The fourth-order valence-corrected chi connectivity index (χ4v) is 4.15. The van der Waals surface area contributed by atoms with Gasteiger partial charge in [-0.05, 0) is 60.5 Å². The molecule has 1 heterocycles. The molecule has 0 spiro atoms. The van der Waals surface area contributed by atoms with Gasteiger partial charge < -0.3 is 10.2 Å². The van der Waals surface area contributed by atoms with Crippen molar-refractivity contribution in [2.45, 2.75) is 32.7 Å². The third-order valence-corrected chi connectivity index (χ3v) is 5.71. The lowest BCUT2D eigenvalue weighted by molar-refractivity contribution is 0.505. The van der Waals surface area contributed by atoms with E-state index in [9.17, 15) is 0 Å². The molecule has 3 aromatic rings. The minimum atomic E-state index is 0.613. The molecule has 3 aromatic carbocycles. The maximum absolute atomic E-state index is 3.60. The summed E-state index contributed by atoms with van der Waals surface area (Å²) in [4.78, 5) is 2.56. The molecule has 1 unspecified atom stereocenters. The molecular formula is C26H30N2. The van der Waals surface area contributed by atoms with Crippen molar-refractivity contribution in [2.24, 2.45) is 5.92 Å². The van der Waals surface area contributed by atoms with Crippen LogP contribution >= 0.6 is 0 Å². The van der Waals surface area contributed by atoms with Crippen LogP contribution in [0.15, 0.2) is 78.9 Å². The van der Waals surface area contributed by atoms with Gasteiger partial charge in [-0.3, -0.25) is 0 Å². The van der Waals surface area contributed by atoms with Crippen LogP contribution in [-0.4, -0.2) is 13.1 Å². The van der Waals surface area contributed by atoms with Crippen molar-refractivity contribution in [2.75, 3.05) is 18.0 Å². The van der Waals surface area contributed by atoms with Crippen LogP contribution in [0.5, 0.6) is 0 Å². The van der Waals surface area contributed by atoms with Gasteiger partial charge in [-0.15, -0.1) is 0 Å². The Morgan fingerprint density at radius 3 is 2.00 bits per heavy atom. The molecule has 2 heteroatoms. The molecule has 1 N–H and O–H groups in total. The Hall–Kier alpha value is -2.58. The lowest BCUT2D eigenvalue weighted by Crippen LogP contribution is -2.27. The van der Waals surface area contributed by atoms with Crippen LogP contribution in [0.25, 0.3) is 0 Å². The standard InChI is InChI=1S/C26H30N2/c1-21(17-18-27-19-22-9-3-2-4-10-22)20-28-25-13-7-5-11-23(25)15-16-24-12-6-8-14-26(24)28/h2-14,21,27H,15-20H2,1H3.